The van der Waals surface area contributed by atoms with E-state index in [0.29, 0.717) is 6.42 Å². The highest BCUT2D eigenvalue weighted by Gasteiger charge is 2.65. The van der Waals surface area contributed by atoms with Gasteiger partial charge in [0.2, 0.25) is 0 Å². The second-order valence-corrected chi connectivity index (χ2v) is 5.68. The zero-order valence-corrected chi connectivity index (χ0v) is 9.66. The van der Waals surface area contributed by atoms with E-state index in [9.17, 15) is 9.59 Å². The lowest BCUT2D eigenvalue weighted by molar-refractivity contribution is -0.152. The maximum Gasteiger partial charge on any atom is 0.317 e. The molecule has 0 aromatic heterocycles. The minimum Gasteiger partial charge on any atom is -0.458 e. The fourth-order valence-corrected chi connectivity index (χ4v) is 3.60. The van der Waals surface area contributed by atoms with Crippen molar-refractivity contribution in [3.63, 3.8) is 0 Å². The van der Waals surface area contributed by atoms with E-state index in [1.165, 1.54) is 0 Å². The van der Waals surface area contributed by atoms with Gasteiger partial charge in [-0.25, -0.2) is 0 Å². The first kappa shape index (κ1) is 10.1. The van der Waals surface area contributed by atoms with Crippen molar-refractivity contribution >= 4 is 11.8 Å². The van der Waals surface area contributed by atoms with Gasteiger partial charge < -0.3 is 4.74 Å². The van der Waals surface area contributed by atoms with Crippen molar-refractivity contribution in [2.45, 2.75) is 38.7 Å². The van der Waals surface area contributed by atoms with Crippen LogP contribution in [0.3, 0.4) is 0 Å². The molecule has 1 saturated carbocycles. The molecule has 4 atom stereocenters. The SMILES string of the molecule is C[C@@H]1C[C@H]2C3(C=CC[C@@]2(C)OC3=O)CC1=O. The Morgan fingerprint density at radius 3 is 2.94 bits per heavy atom. The molecule has 1 saturated heterocycles. The van der Waals surface area contributed by atoms with Gasteiger partial charge in [0.1, 0.15) is 11.4 Å². The zero-order chi connectivity index (χ0) is 11.6. The molecule has 1 unspecified atom stereocenters. The van der Waals surface area contributed by atoms with E-state index in [-0.39, 0.29) is 29.2 Å². The normalized spacial score (nSPS) is 50.1. The van der Waals surface area contributed by atoms with Crippen molar-refractivity contribution in [2.75, 3.05) is 0 Å². The van der Waals surface area contributed by atoms with Gasteiger partial charge in [0.25, 0.3) is 0 Å². The number of carbonyl (C=O) groups is 2. The minimum atomic E-state index is -0.628. The van der Waals surface area contributed by atoms with Gasteiger partial charge in [-0.2, -0.15) is 0 Å². The summed E-state index contributed by atoms with van der Waals surface area (Å²) in [5.74, 6) is 0.265. The topological polar surface area (TPSA) is 43.4 Å². The van der Waals surface area contributed by atoms with Crippen LogP contribution in [-0.2, 0) is 14.3 Å². The molecule has 0 amide bonds. The van der Waals surface area contributed by atoms with Crippen LogP contribution in [0.15, 0.2) is 12.2 Å². The Balaban J connectivity index is 2.12. The van der Waals surface area contributed by atoms with Gasteiger partial charge in [-0.15, -0.1) is 0 Å². The highest BCUT2D eigenvalue weighted by molar-refractivity contribution is 5.93. The Morgan fingerprint density at radius 1 is 1.44 bits per heavy atom. The second-order valence-electron chi connectivity index (χ2n) is 5.68. The number of hydrogen-bond acceptors (Lipinski definition) is 3. The summed E-state index contributed by atoms with van der Waals surface area (Å²) >= 11 is 0. The van der Waals surface area contributed by atoms with Crippen LogP contribution in [0.5, 0.6) is 0 Å². The van der Waals surface area contributed by atoms with Gasteiger partial charge in [-0.3, -0.25) is 9.59 Å². The number of hydrogen-bond donors (Lipinski definition) is 0. The van der Waals surface area contributed by atoms with Gasteiger partial charge in [0.15, 0.2) is 0 Å². The van der Waals surface area contributed by atoms with E-state index >= 15 is 0 Å². The van der Waals surface area contributed by atoms with Crippen molar-refractivity contribution in [2.24, 2.45) is 17.3 Å². The predicted octanol–water partition coefficient (Wildman–Crippen LogP) is 1.86. The quantitative estimate of drug-likeness (QED) is 0.462. The summed E-state index contributed by atoms with van der Waals surface area (Å²) in [4.78, 5) is 23.9. The van der Waals surface area contributed by atoms with E-state index in [1.807, 2.05) is 26.0 Å². The van der Waals surface area contributed by atoms with Crippen LogP contribution in [0.2, 0.25) is 0 Å². The monoisotopic (exact) mass is 220 g/mol. The standard InChI is InChI=1S/C13H16O3/c1-8-6-10-12(2)4-3-5-13(10,7-9(8)14)11(15)16-12/h3,5,8,10H,4,6-7H2,1-2H3/t8-,10-,12-,13?/m1/s1. The molecule has 3 aliphatic rings. The largest absolute Gasteiger partial charge is 0.458 e. The number of esters is 1. The predicted molar refractivity (Wildman–Crippen MR) is 57.6 cm³/mol. The first-order valence-electron chi connectivity index (χ1n) is 5.92. The molecule has 16 heavy (non-hydrogen) atoms. The molecule has 2 bridgehead atoms. The number of rotatable bonds is 0. The molecule has 0 aromatic carbocycles. The summed E-state index contributed by atoms with van der Waals surface area (Å²) < 4.78 is 5.55. The van der Waals surface area contributed by atoms with Gasteiger partial charge in [0, 0.05) is 24.7 Å². The van der Waals surface area contributed by atoms with E-state index in [4.69, 9.17) is 4.74 Å². The minimum absolute atomic E-state index is 0.0680. The Kier molecular flexibility index (Phi) is 1.74. The molecule has 2 aliphatic carbocycles. The van der Waals surface area contributed by atoms with Gasteiger partial charge in [-0.05, 0) is 13.3 Å². The zero-order valence-electron chi connectivity index (χ0n) is 9.66. The number of ketones is 1. The Labute approximate surface area is 94.8 Å². The molecular formula is C13H16O3. The fourth-order valence-electron chi connectivity index (χ4n) is 3.60. The summed E-state index contributed by atoms with van der Waals surface area (Å²) in [6.45, 7) is 3.96. The molecule has 3 heteroatoms. The highest BCUT2D eigenvalue weighted by Crippen LogP contribution is 2.58. The van der Waals surface area contributed by atoms with E-state index in [1.54, 1.807) is 0 Å². The smallest absolute Gasteiger partial charge is 0.317 e. The summed E-state index contributed by atoms with van der Waals surface area (Å²) in [7, 11) is 0. The maximum atomic E-state index is 12.0. The average molecular weight is 220 g/mol. The van der Waals surface area contributed by atoms with Crippen LogP contribution in [-0.4, -0.2) is 17.4 Å². The second kappa shape index (κ2) is 2.76. The Bertz CT molecular complexity index is 411. The van der Waals surface area contributed by atoms with Gasteiger partial charge in [-0.1, -0.05) is 19.1 Å². The van der Waals surface area contributed by atoms with Crippen molar-refractivity contribution < 1.29 is 14.3 Å². The third kappa shape index (κ3) is 0.989. The van der Waals surface area contributed by atoms with Crippen molar-refractivity contribution in [1.82, 2.24) is 0 Å². The fraction of sp³-hybridized carbons (Fsp3) is 0.692. The lowest BCUT2D eigenvalue weighted by atomic mass is 9.57. The lowest BCUT2D eigenvalue weighted by Gasteiger charge is -2.42. The Morgan fingerprint density at radius 2 is 2.19 bits per heavy atom. The molecule has 0 radical (unpaired) electrons. The van der Waals surface area contributed by atoms with E-state index in [0.717, 1.165) is 12.8 Å². The molecule has 0 N–H and O–H groups in total. The number of carbonyl (C=O) groups excluding carboxylic acids is 2. The van der Waals surface area contributed by atoms with Gasteiger partial charge >= 0.3 is 5.97 Å². The summed E-state index contributed by atoms with van der Waals surface area (Å²) in [5, 5.41) is 0. The Hall–Kier alpha value is -1.12. The van der Waals surface area contributed by atoms with Crippen molar-refractivity contribution in [1.29, 1.82) is 0 Å². The van der Waals surface area contributed by atoms with Gasteiger partial charge in [0.05, 0.1) is 5.41 Å². The molecule has 2 fully saturated rings. The molecular weight excluding hydrogens is 204 g/mol. The number of ether oxygens (including phenoxy) is 1. The van der Waals surface area contributed by atoms with E-state index in [2.05, 4.69) is 0 Å². The average Bonchev–Trinajstić information content (AvgIpc) is 2.33. The lowest BCUT2D eigenvalue weighted by Crippen LogP contribution is -2.47. The van der Waals surface area contributed by atoms with Crippen LogP contribution in [0.1, 0.15) is 33.1 Å². The van der Waals surface area contributed by atoms with Crippen molar-refractivity contribution in [3.05, 3.63) is 12.2 Å². The third-order valence-electron chi connectivity index (χ3n) is 4.61. The van der Waals surface area contributed by atoms with Crippen LogP contribution in [0.25, 0.3) is 0 Å². The summed E-state index contributed by atoms with van der Waals surface area (Å²) in [5.41, 5.74) is -1.00. The molecule has 3 rings (SSSR count). The summed E-state index contributed by atoms with van der Waals surface area (Å²) in [6, 6.07) is 0. The van der Waals surface area contributed by atoms with Crippen molar-refractivity contribution in [3.8, 4) is 0 Å². The first-order valence-corrected chi connectivity index (χ1v) is 5.92. The molecule has 0 spiro atoms. The van der Waals surface area contributed by atoms with Crippen LogP contribution < -0.4 is 0 Å². The first-order chi connectivity index (χ1) is 7.48. The van der Waals surface area contributed by atoms with Crippen LogP contribution in [0.4, 0.5) is 0 Å². The molecule has 1 aliphatic heterocycles. The van der Waals surface area contributed by atoms with Crippen LogP contribution in [0, 0.1) is 17.3 Å². The molecule has 0 aromatic rings. The molecule has 1 heterocycles. The third-order valence-corrected chi connectivity index (χ3v) is 4.61. The summed E-state index contributed by atoms with van der Waals surface area (Å²) in [6.07, 6.45) is 5.84. The maximum absolute atomic E-state index is 12.0. The van der Waals surface area contributed by atoms with Crippen LogP contribution >= 0.6 is 0 Å². The van der Waals surface area contributed by atoms with E-state index < -0.39 is 5.41 Å². The number of Topliss-reactive ketones (excluding diaryl/α,β-unsaturated/α-hetero) is 1. The molecule has 86 valence electrons. The molecule has 3 nitrogen and oxygen atoms in total. The highest BCUT2D eigenvalue weighted by atomic mass is 16.6.